The summed E-state index contributed by atoms with van der Waals surface area (Å²) in [5.74, 6) is 1.72. The summed E-state index contributed by atoms with van der Waals surface area (Å²) in [6.07, 6.45) is 0. The van der Waals surface area contributed by atoms with E-state index >= 15 is 0 Å². The van der Waals surface area contributed by atoms with Crippen LogP contribution in [0.5, 0.6) is 11.5 Å². The van der Waals surface area contributed by atoms with E-state index in [2.05, 4.69) is 48.6 Å². The Morgan fingerprint density at radius 3 is 2.08 bits per heavy atom. The minimum Gasteiger partial charge on any atom is -0.490 e. The summed E-state index contributed by atoms with van der Waals surface area (Å²) in [6.45, 7) is 3.94. The molecule has 0 saturated carbocycles. The van der Waals surface area contributed by atoms with Crippen molar-refractivity contribution in [1.29, 1.82) is 0 Å². The first-order valence-electron chi connectivity index (χ1n) is 8.50. The third kappa shape index (κ3) is 5.57. The largest absolute Gasteiger partial charge is 0.490 e. The molecule has 3 aromatic carbocycles. The highest BCUT2D eigenvalue weighted by Crippen LogP contribution is 2.15. The number of rotatable bonds is 8. The van der Waals surface area contributed by atoms with Crippen molar-refractivity contribution in [2.75, 3.05) is 18.5 Å². The summed E-state index contributed by atoms with van der Waals surface area (Å²) in [6, 6.07) is 26.3. The third-order valence-corrected chi connectivity index (χ3v) is 3.80. The lowest BCUT2D eigenvalue weighted by Gasteiger charge is -2.10. The van der Waals surface area contributed by atoms with Gasteiger partial charge in [0.1, 0.15) is 24.7 Å². The first-order chi connectivity index (χ1) is 12.3. The van der Waals surface area contributed by atoms with Crippen molar-refractivity contribution in [3.63, 3.8) is 0 Å². The van der Waals surface area contributed by atoms with Gasteiger partial charge in [-0.25, -0.2) is 0 Å². The predicted octanol–water partition coefficient (Wildman–Crippen LogP) is 5.06. The van der Waals surface area contributed by atoms with E-state index < -0.39 is 0 Å². The number of ether oxygens (including phenoxy) is 2. The van der Waals surface area contributed by atoms with Crippen LogP contribution in [0.15, 0.2) is 78.9 Å². The quantitative estimate of drug-likeness (QED) is 0.584. The van der Waals surface area contributed by atoms with Gasteiger partial charge in [0, 0.05) is 12.2 Å². The molecule has 3 aromatic rings. The second-order valence-electron chi connectivity index (χ2n) is 5.88. The fraction of sp³-hybridized carbons (Fsp3) is 0.182. The zero-order valence-electron chi connectivity index (χ0n) is 14.4. The van der Waals surface area contributed by atoms with E-state index in [4.69, 9.17) is 9.47 Å². The van der Waals surface area contributed by atoms with Crippen molar-refractivity contribution < 1.29 is 9.47 Å². The maximum Gasteiger partial charge on any atom is 0.122 e. The molecule has 3 nitrogen and oxygen atoms in total. The lowest BCUT2D eigenvalue weighted by Crippen LogP contribution is -2.09. The van der Waals surface area contributed by atoms with E-state index in [1.54, 1.807) is 0 Å². The van der Waals surface area contributed by atoms with E-state index in [1.807, 2.05) is 42.5 Å². The summed E-state index contributed by atoms with van der Waals surface area (Å²) < 4.78 is 11.3. The van der Waals surface area contributed by atoms with Crippen LogP contribution in [0.25, 0.3) is 0 Å². The summed E-state index contributed by atoms with van der Waals surface area (Å²) in [4.78, 5) is 0. The Morgan fingerprint density at radius 2 is 1.40 bits per heavy atom. The van der Waals surface area contributed by atoms with Crippen molar-refractivity contribution in [1.82, 2.24) is 0 Å². The van der Waals surface area contributed by atoms with Gasteiger partial charge < -0.3 is 14.8 Å². The Hall–Kier alpha value is -2.94. The van der Waals surface area contributed by atoms with Gasteiger partial charge in [0.15, 0.2) is 0 Å². The summed E-state index contributed by atoms with van der Waals surface area (Å²) in [5, 5.41) is 3.43. The summed E-state index contributed by atoms with van der Waals surface area (Å²) in [7, 11) is 0. The Labute approximate surface area is 149 Å². The van der Waals surface area contributed by atoms with E-state index in [9.17, 15) is 0 Å². The summed E-state index contributed by atoms with van der Waals surface area (Å²) >= 11 is 0. The highest BCUT2D eigenvalue weighted by Gasteiger charge is 1.98. The van der Waals surface area contributed by atoms with E-state index in [0.717, 1.165) is 23.7 Å². The number of aryl methyl sites for hydroxylation is 1. The van der Waals surface area contributed by atoms with Crippen LogP contribution >= 0.6 is 0 Å². The normalized spacial score (nSPS) is 10.3. The predicted molar refractivity (Wildman–Crippen MR) is 102 cm³/mol. The maximum absolute atomic E-state index is 5.72. The minimum atomic E-state index is 0.524. The molecule has 0 unspecified atom stereocenters. The van der Waals surface area contributed by atoms with Crippen molar-refractivity contribution >= 4 is 5.69 Å². The molecular weight excluding hydrogens is 310 g/mol. The monoisotopic (exact) mass is 333 g/mol. The molecule has 1 N–H and O–H groups in total. The molecule has 0 spiro atoms. The zero-order chi connectivity index (χ0) is 17.3. The second-order valence-corrected chi connectivity index (χ2v) is 5.88. The molecule has 0 aliphatic rings. The molecule has 0 saturated heterocycles. The Morgan fingerprint density at radius 1 is 0.720 bits per heavy atom. The van der Waals surface area contributed by atoms with Crippen molar-refractivity contribution in [2.24, 2.45) is 0 Å². The minimum absolute atomic E-state index is 0.524. The molecule has 25 heavy (non-hydrogen) atoms. The second kappa shape index (κ2) is 8.78. The molecule has 3 rings (SSSR count). The molecule has 0 aliphatic heterocycles. The summed E-state index contributed by atoms with van der Waals surface area (Å²) in [5.41, 5.74) is 3.61. The SMILES string of the molecule is Cc1cccc(NCc2ccc(OCCOc3ccccc3)cc2)c1. The van der Waals surface area contributed by atoms with E-state index in [1.165, 1.54) is 11.1 Å². The lowest BCUT2D eigenvalue weighted by molar-refractivity contribution is 0.217. The molecular formula is C22H23NO2. The van der Waals surface area contributed by atoms with Gasteiger partial charge in [-0.1, -0.05) is 42.5 Å². The van der Waals surface area contributed by atoms with Crippen LogP contribution in [-0.2, 0) is 6.54 Å². The molecule has 0 aliphatic carbocycles. The molecule has 0 atom stereocenters. The number of hydrogen-bond donors (Lipinski definition) is 1. The van der Waals surface area contributed by atoms with Crippen molar-refractivity contribution in [2.45, 2.75) is 13.5 Å². The van der Waals surface area contributed by atoms with Gasteiger partial charge in [0.2, 0.25) is 0 Å². The standard InChI is InChI=1S/C22H23NO2/c1-18-6-5-7-20(16-18)23-17-19-10-12-22(13-11-19)25-15-14-24-21-8-3-2-4-9-21/h2-13,16,23H,14-15,17H2,1H3. The number of benzene rings is 3. The van der Waals surface area contributed by atoms with Gasteiger partial charge in [-0.3, -0.25) is 0 Å². The number of para-hydroxylation sites is 1. The average Bonchev–Trinajstić information content (AvgIpc) is 2.65. The topological polar surface area (TPSA) is 30.5 Å². The third-order valence-electron chi connectivity index (χ3n) is 3.80. The molecule has 0 fully saturated rings. The highest BCUT2D eigenvalue weighted by atomic mass is 16.5. The van der Waals surface area contributed by atoms with Crippen LogP contribution < -0.4 is 14.8 Å². The van der Waals surface area contributed by atoms with Crippen LogP contribution in [-0.4, -0.2) is 13.2 Å². The Kier molecular flexibility index (Phi) is 5.94. The van der Waals surface area contributed by atoms with Crippen molar-refractivity contribution in [3.8, 4) is 11.5 Å². The smallest absolute Gasteiger partial charge is 0.122 e. The fourth-order valence-corrected chi connectivity index (χ4v) is 2.50. The van der Waals surface area contributed by atoms with Crippen LogP contribution in [0, 0.1) is 6.92 Å². The van der Waals surface area contributed by atoms with Gasteiger partial charge >= 0.3 is 0 Å². The zero-order valence-corrected chi connectivity index (χ0v) is 14.4. The van der Waals surface area contributed by atoms with Gasteiger partial charge in [-0.2, -0.15) is 0 Å². The molecule has 3 heteroatoms. The van der Waals surface area contributed by atoms with Crippen LogP contribution in [0.1, 0.15) is 11.1 Å². The maximum atomic E-state index is 5.72. The molecule has 128 valence electrons. The first-order valence-corrected chi connectivity index (χ1v) is 8.50. The van der Waals surface area contributed by atoms with E-state index in [-0.39, 0.29) is 0 Å². The average molecular weight is 333 g/mol. The van der Waals surface area contributed by atoms with Gasteiger partial charge in [0.25, 0.3) is 0 Å². The van der Waals surface area contributed by atoms with Crippen molar-refractivity contribution in [3.05, 3.63) is 90.0 Å². The van der Waals surface area contributed by atoms with Gasteiger partial charge in [-0.05, 0) is 54.4 Å². The van der Waals surface area contributed by atoms with Gasteiger partial charge in [-0.15, -0.1) is 0 Å². The van der Waals surface area contributed by atoms with Crippen LogP contribution in [0.3, 0.4) is 0 Å². The number of hydrogen-bond acceptors (Lipinski definition) is 3. The molecule has 0 bridgehead atoms. The number of anilines is 1. The lowest BCUT2D eigenvalue weighted by atomic mass is 10.2. The molecule has 0 aromatic heterocycles. The Balaban J connectivity index is 1.41. The van der Waals surface area contributed by atoms with Crippen LogP contribution in [0.4, 0.5) is 5.69 Å². The van der Waals surface area contributed by atoms with E-state index in [0.29, 0.717) is 13.2 Å². The highest BCUT2D eigenvalue weighted by molar-refractivity contribution is 5.46. The Bertz CT molecular complexity index is 770. The molecule has 0 heterocycles. The number of nitrogens with one attached hydrogen (secondary N) is 1. The van der Waals surface area contributed by atoms with Crippen LogP contribution in [0.2, 0.25) is 0 Å². The van der Waals surface area contributed by atoms with Gasteiger partial charge in [0.05, 0.1) is 0 Å². The molecule has 0 radical (unpaired) electrons. The first kappa shape index (κ1) is 16.9. The molecule has 0 amide bonds. The fourth-order valence-electron chi connectivity index (χ4n) is 2.50.